The molecule has 1 heterocycles. The molecule has 188 valence electrons. The molecule has 3 aromatic rings. The highest BCUT2D eigenvalue weighted by Gasteiger charge is 2.42. The van der Waals surface area contributed by atoms with Crippen molar-refractivity contribution in [3.8, 4) is 0 Å². The molecule has 0 aromatic heterocycles. The van der Waals surface area contributed by atoms with Crippen LogP contribution in [-0.2, 0) is 26.0 Å². The first-order valence-electron chi connectivity index (χ1n) is 11.3. The van der Waals surface area contributed by atoms with Gasteiger partial charge in [-0.3, -0.25) is 13.9 Å². The average molecular weight is 530 g/mol. The fourth-order valence-electron chi connectivity index (χ4n) is 4.12. The summed E-state index contributed by atoms with van der Waals surface area (Å²) in [6, 6.07) is 14.2. The van der Waals surface area contributed by atoms with Crippen molar-refractivity contribution in [2.24, 2.45) is 0 Å². The number of hydrogen-bond donors (Lipinski definition) is 2. The van der Waals surface area contributed by atoms with Crippen LogP contribution in [0.5, 0.6) is 0 Å². The molecule has 0 saturated heterocycles. The first-order chi connectivity index (χ1) is 17.1. The predicted molar refractivity (Wildman–Crippen MR) is 137 cm³/mol. The van der Waals surface area contributed by atoms with Gasteiger partial charge in [-0.05, 0) is 73.4 Å². The van der Waals surface area contributed by atoms with Gasteiger partial charge in [0.25, 0.3) is 10.0 Å². The van der Waals surface area contributed by atoms with Crippen LogP contribution in [-0.4, -0.2) is 32.8 Å². The van der Waals surface area contributed by atoms with Crippen LogP contribution in [0.3, 0.4) is 0 Å². The topological polar surface area (TPSA) is 95.6 Å². The second-order valence-electron chi connectivity index (χ2n) is 8.62. The molecule has 2 N–H and O–H groups in total. The van der Waals surface area contributed by atoms with Crippen molar-refractivity contribution in [2.75, 3.05) is 16.2 Å². The van der Waals surface area contributed by atoms with Crippen molar-refractivity contribution < 1.29 is 22.4 Å². The molecule has 0 radical (unpaired) electrons. The molecule has 1 aliphatic rings. The molecular formula is C26H25ClFN3O4S. The second kappa shape index (κ2) is 10.3. The maximum atomic E-state index is 13.9. The molecule has 0 fully saturated rings. The first-order valence-corrected chi connectivity index (χ1v) is 13.1. The van der Waals surface area contributed by atoms with E-state index in [9.17, 15) is 22.4 Å². The van der Waals surface area contributed by atoms with Gasteiger partial charge in [0.2, 0.25) is 11.8 Å². The zero-order valence-electron chi connectivity index (χ0n) is 19.7. The minimum absolute atomic E-state index is 0.00983. The van der Waals surface area contributed by atoms with Gasteiger partial charge in [-0.25, -0.2) is 12.8 Å². The predicted octanol–water partition coefficient (Wildman–Crippen LogP) is 4.36. The van der Waals surface area contributed by atoms with Gasteiger partial charge in [-0.1, -0.05) is 35.9 Å². The number of hydrogen-bond acceptors (Lipinski definition) is 4. The maximum Gasteiger partial charge on any atom is 0.265 e. The fraction of sp³-hybridized carbons (Fsp3) is 0.231. The molecule has 0 saturated carbocycles. The Labute approximate surface area is 214 Å². The summed E-state index contributed by atoms with van der Waals surface area (Å²) < 4.78 is 42.0. The first kappa shape index (κ1) is 25.7. The Balaban J connectivity index is 1.62. The molecule has 3 aromatic carbocycles. The third-order valence-corrected chi connectivity index (χ3v) is 8.38. The largest absolute Gasteiger partial charge is 0.356 e. The minimum Gasteiger partial charge on any atom is -0.356 e. The van der Waals surface area contributed by atoms with E-state index in [-0.39, 0.29) is 29.4 Å². The summed E-state index contributed by atoms with van der Waals surface area (Å²) in [6.45, 7) is 3.58. The molecule has 4 rings (SSSR count). The van der Waals surface area contributed by atoms with Gasteiger partial charge in [0.15, 0.2) is 0 Å². The lowest BCUT2D eigenvalue weighted by Gasteiger charge is -2.37. The SMILES string of the molecule is Cc1cc(S(=O)(=O)N2c3ccccc3NC(=O)[C@H]2CC(=O)NCCc2ccc(F)cc2)c(C)cc1Cl. The lowest BCUT2D eigenvalue weighted by molar-refractivity contribution is -0.125. The summed E-state index contributed by atoms with van der Waals surface area (Å²) in [4.78, 5) is 25.9. The van der Waals surface area contributed by atoms with E-state index in [1.165, 1.54) is 18.2 Å². The number of benzene rings is 3. The summed E-state index contributed by atoms with van der Waals surface area (Å²) in [5.74, 6) is -1.44. The van der Waals surface area contributed by atoms with E-state index >= 15 is 0 Å². The highest BCUT2D eigenvalue weighted by molar-refractivity contribution is 7.93. The number of nitrogens with zero attached hydrogens (tertiary/aromatic N) is 1. The van der Waals surface area contributed by atoms with Crippen molar-refractivity contribution in [1.82, 2.24) is 5.32 Å². The van der Waals surface area contributed by atoms with Crippen molar-refractivity contribution >= 4 is 44.8 Å². The van der Waals surface area contributed by atoms with Crippen LogP contribution in [0.2, 0.25) is 5.02 Å². The van der Waals surface area contributed by atoms with Crippen molar-refractivity contribution in [1.29, 1.82) is 0 Å². The Bertz CT molecular complexity index is 1430. The summed E-state index contributed by atoms with van der Waals surface area (Å²) in [5.41, 5.74) is 2.44. The third-order valence-electron chi connectivity index (χ3n) is 6.01. The van der Waals surface area contributed by atoms with Crippen LogP contribution < -0.4 is 14.9 Å². The average Bonchev–Trinajstić information content (AvgIpc) is 2.83. The van der Waals surface area contributed by atoms with E-state index in [0.29, 0.717) is 28.3 Å². The molecule has 36 heavy (non-hydrogen) atoms. The van der Waals surface area contributed by atoms with Crippen LogP contribution in [0.15, 0.2) is 65.6 Å². The van der Waals surface area contributed by atoms with Gasteiger partial charge < -0.3 is 10.6 Å². The maximum absolute atomic E-state index is 13.9. The molecular weight excluding hydrogens is 505 g/mol. The molecule has 1 atom stereocenters. The number of nitrogens with one attached hydrogen (secondary N) is 2. The van der Waals surface area contributed by atoms with Gasteiger partial charge in [-0.15, -0.1) is 0 Å². The quantitative estimate of drug-likeness (QED) is 0.475. The normalized spacial score (nSPS) is 15.3. The standard InChI is InChI=1S/C26H25ClFN3O4S/c1-16-14-24(17(2)13-20(16)27)36(34,35)31-22-6-4-3-5-21(22)30-26(33)23(31)15-25(32)29-12-11-18-7-9-19(28)10-8-18/h3-10,13-14,23H,11-12,15H2,1-2H3,(H,29,32)(H,30,33)/t23-/m1/s1. The molecule has 7 nitrogen and oxygen atoms in total. The zero-order chi connectivity index (χ0) is 26.0. The number of sulfonamides is 1. The Kier molecular flexibility index (Phi) is 7.33. The Morgan fingerprint density at radius 1 is 1.08 bits per heavy atom. The van der Waals surface area contributed by atoms with E-state index in [0.717, 1.165) is 9.87 Å². The molecule has 10 heteroatoms. The van der Waals surface area contributed by atoms with Gasteiger partial charge in [0.05, 0.1) is 22.7 Å². The Morgan fingerprint density at radius 3 is 2.50 bits per heavy atom. The summed E-state index contributed by atoms with van der Waals surface area (Å²) >= 11 is 6.18. The Morgan fingerprint density at radius 2 is 1.78 bits per heavy atom. The third kappa shape index (κ3) is 5.22. The zero-order valence-corrected chi connectivity index (χ0v) is 21.3. The van der Waals surface area contributed by atoms with Crippen molar-refractivity contribution in [3.63, 3.8) is 0 Å². The number of fused-ring (bicyclic) bond motifs is 1. The number of halogens is 2. The van der Waals surface area contributed by atoms with Crippen LogP contribution in [0.1, 0.15) is 23.1 Å². The lowest BCUT2D eigenvalue weighted by Crippen LogP contribution is -2.53. The number of anilines is 2. The lowest BCUT2D eigenvalue weighted by atomic mass is 10.1. The highest BCUT2D eigenvalue weighted by Crippen LogP contribution is 2.38. The number of aryl methyl sites for hydroxylation is 2. The Hall–Kier alpha value is -3.43. The second-order valence-corrected chi connectivity index (χ2v) is 10.8. The molecule has 2 amide bonds. The van der Waals surface area contributed by atoms with Crippen LogP contribution >= 0.6 is 11.6 Å². The number of rotatable bonds is 7. The number of carbonyl (C=O) groups excluding carboxylic acids is 2. The summed E-state index contributed by atoms with van der Waals surface area (Å²) in [7, 11) is -4.24. The van der Waals surface area contributed by atoms with E-state index < -0.39 is 27.9 Å². The molecule has 0 unspecified atom stereocenters. The van der Waals surface area contributed by atoms with Crippen LogP contribution in [0, 0.1) is 19.7 Å². The van der Waals surface area contributed by atoms with Crippen molar-refractivity contribution in [2.45, 2.75) is 37.6 Å². The smallest absolute Gasteiger partial charge is 0.265 e. The number of amides is 2. The number of para-hydroxylation sites is 2. The van der Waals surface area contributed by atoms with E-state index in [4.69, 9.17) is 11.6 Å². The number of carbonyl (C=O) groups is 2. The van der Waals surface area contributed by atoms with Gasteiger partial charge in [0.1, 0.15) is 11.9 Å². The molecule has 0 aliphatic carbocycles. The van der Waals surface area contributed by atoms with Crippen LogP contribution in [0.4, 0.5) is 15.8 Å². The van der Waals surface area contributed by atoms with E-state index in [2.05, 4.69) is 10.6 Å². The molecule has 0 spiro atoms. The molecule has 1 aliphatic heterocycles. The van der Waals surface area contributed by atoms with Gasteiger partial charge in [0, 0.05) is 11.6 Å². The minimum atomic E-state index is -4.24. The van der Waals surface area contributed by atoms with Gasteiger partial charge >= 0.3 is 0 Å². The highest BCUT2D eigenvalue weighted by atomic mass is 35.5. The molecule has 0 bridgehead atoms. The van der Waals surface area contributed by atoms with E-state index in [1.54, 1.807) is 56.3 Å². The van der Waals surface area contributed by atoms with Gasteiger partial charge in [-0.2, -0.15) is 0 Å². The van der Waals surface area contributed by atoms with Crippen LogP contribution in [0.25, 0.3) is 0 Å². The van der Waals surface area contributed by atoms with Crippen molar-refractivity contribution in [3.05, 3.63) is 88.2 Å². The summed E-state index contributed by atoms with van der Waals surface area (Å²) in [6.07, 6.45) is 0.0748. The monoisotopic (exact) mass is 529 g/mol. The summed E-state index contributed by atoms with van der Waals surface area (Å²) in [5, 5.41) is 5.87. The van der Waals surface area contributed by atoms with E-state index in [1.807, 2.05) is 0 Å². The fourth-order valence-corrected chi connectivity index (χ4v) is 6.26.